The molecular formula is C11H13NOS. The van der Waals surface area contributed by atoms with E-state index in [1.165, 1.54) is 11.3 Å². The molecule has 0 aliphatic rings. The molecule has 1 N–H and O–H groups in total. The largest absolute Gasteiger partial charge is 0.350 e. The lowest BCUT2D eigenvalue weighted by atomic mass is 10.3. The Bertz CT molecular complexity index is 370. The maximum absolute atomic E-state index is 11.5. The van der Waals surface area contributed by atoms with E-state index in [1.807, 2.05) is 18.4 Å². The molecule has 74 valence electrons. The predicted octanol–water partition coefficient (Wildman–Crippen LogP) is 2.20. The minimum atomic E-state index is 0.00963. The van der Waals surface area contributed by atoms with E-state index in [4.69, 9.17) is 0 Å². The van der Waals surface area contributed by atoms with Crippen LogP contribution in [0.5, 0.6) is 0 Å². The molecule has 2 nitrogen and oxygen atoms in total. The maximum Gasteiger partial charge on any atom is 0.261 e. The maximum atomic E-state index is 11.5. The summed E-state index contributed by atoms with van der Waals surface area (Å²) in [6.07, 6.45) is 0.715. The SMILES string of the molecule is CC#CCCNC(=O)c1sccc1C. The average molecular weight is 207 g/mol. The van der Waals surface area contributed by atoms with E-state index in [0.717, 1.165) is 10.4 Å². The highest BCUT2D eigenvalue weighted by Crippen LogP contribution is 2.14. The summed E-state index contributed by atoms with van der Waals surface area (Å²) in [5, 5.41) is 4.76. The number of hydrogen-bond acceptors (Lipinski definition) is 2. The van der Waals surface area contributed by atoms with Gasteiger partial charge in [-0.05, 0) is 30.9 Å². The van der Waals surface area contributed by atoms with Crippen LogP contribution in [0.2, 0.25) is 0 Å². The molecule has 0 spiro atoms. The summed E-state index contributed by atoms with van der Waals surface area (Å²) < 4.78 is 0. The lowest BCUT2D eigenvalue weighted by molar-refractivity contribution is 0.0958. The van der Waals surface area contributed by atoms with Gasteiger partial charge in [0.2, 0.25) is 0 Å². The molecule has 1 heterocycles. The first-order valence-corrected chi connectivity index (χ1v) is 5.35. The molecule has 1 rings (SSSR count). The molecule has 14 heavy (non-hydrogen) atoms. The molecular weight excluding hydrogens is 194 g/mol. The van der Waals surface area contributed by atoms with Crippen LogP contribution in [-0.4, -0.2) is 12.5 Å². The van der Waals surface area contributed by atoms with E-state index < -0.39 is 0 Å². The first-order chi connectivity index (χ1) is 6.75. The molecule has 0 aromatic carbocycles. The van der Waals surface area contributed by atoms with E-state index in [1.54, 1.807) is 6.92 Å². The van der Waals surface area contributed by atoms with Crippen molar-refractivity contribution in [3.05, 3.63) is 21.9 Å². The number of thiophene rings is 1. The van der Waals surface area contributed by atoms with Crippen molar-refractivity contribution in [2.24, 2.45) is 0 Å². The number of carbonyl (C=O) groups is 1. The second-order valence-corrected chi connectivity index (χ2v) is 3.78. The van der Waals surface area contributed by atoms with Crippen molar-refractivity contribution in [3.63, 3.8) is 0 Å². The summed E-state index contributed by atoms with van der Waals surface area (Å²) in [7, 11) is 0. The monoisotopic (exact) mass is 207 g/mol. The normalized spacial score (nSPS) is 9.00. The fourth-order valence-electron chi connectivity index (χ4n) is 1.05. The number of aryl methyl sites for hydroxylation is 1. The van der Waals surface area contributed by atoms with Crippen molar-refractivity contribution < 1.29 is 4.79 Å². The highest BCUT2D eigenvalue weighted by molar-refractivity contribution is 7.12. The van der Waals surface area contributed by atoms with Crippen molar-refractivity contribution >= 4 is 17.2 Å². The first kappa shape index (κ1) is 10.8. The zero-order chi connectivity index (χ0) is 10.4. The van der Waals surface area contributed by atoms with Gasteiger partial charge in [0.1, 0.15) is 0 Å². The van der Waals surface area contributed by atoms with Gasteiger partial charge in [-0.2, -0.15) is 0 Å². The van der Waals surface area contributed by atoms with Crippen LogP contribution in [0.3, 0.4) is 0 Å². The van der Waals surface area contributed by atoms with Gasteiger partial charge >= 0.3 is 0 Å². The van der Waals surface area contributed by atoms with E-state index in [0.29, 0.717) is 13.0 Å². The number of nitrogens with one attached hydrogen (secondary N) is 1. The molecule has 0 fully saturated rings. The van der Waals surface area contributed by atoms with Gasteiger partial charge in [-0.15, -0.1) is 23.2 Å². The lowest BCUT2D eigenvalue weighted by Crippen LogP contribution is -2.23. The molecule has 0 atom stereocenters. The number of carbonyl (C=O) groups excluding carboxylic acids is 1. The highest BCUT2D eigenvalue weighted by Gasteiger charge is 2.08. The van der Waals surface area contributed by atoms with Gasteiger partial charge in [0.05, 0.1) is 4.88 Å². The van der Waals surface area contributed by atoms with Crippen molar-refractivity contribution in [2.45, 2.75) is 20.3 Å². The first-order valence-electron chi connectivity index (χ1n) is 4.47. The molecule has 1 amide bonds. The molecule has 0 unspecified atom stereocenters. The zero-order valence-electron chi connectivity index (χ0n) is 8.39. The van der Waals surface area contributed by atoms with Crippen molar-refractivity contribution in [1.82, 2.24) is 5.32 Å². The third-order valence-electron chi connectivity index (χ3n) is 1.78. The van der Waals surface area contributed by atoms with Gasteiger partial charge in [0.15, 0.2) is 0 Å². The van der Waals surface area contributed by atoms with Crippen molar-refractivity contribution in [2.75, 3.05) is 6.54 Å². The minimum Gasteiger partial charge on any atom is -0.350 e. The van der Waals surface area contributed by atoms with Gasteiger partial charge in [0.25, 0.3) is 5.91 Å². The van der Waals surface area contributed by atoms with E-state index in [9.17, 15) is 4.79 Å². The Hall–Kier alpha value is -1.27. The molecule has 0 aliphatic carbocycles. The number of amides is 1. The standard InChI is InChI=1S/C11H13NOS/c1-3-4-5-7-12-11(13)10-9(2)6-8-14-10/h6,8H,5,7H2,1-2H3,(H,12,13). The Labute approximate surface area is 88.3 Å². The van der Waals surface area contributed by atoms with E-state index >= 15 is 0 Å². The van der Waals surface area contributed by atoms with Crippen LogP contribution in [0.4, 0.5) is 0 Å². The molecule has 0 bridgehead atoms. The molecule has 0 aliphatic heterocycles. The van der Waals surface area contributed by atoms with Crippen LogP contribution < -0.4 is 5.32 Å². The van der Waals surface area contributed by atoms with E-state index in [-0.39, 0.29) is 5.91 Å². The van der Waals surface area contributed by atoms with Gasteiger partial charge in [-0.1, -0.05) is 0 Å². The van der Waals surface area contributed by atoms with Crippen LogP contribution in [0, 0.1) is 18.8 Å². The third kappa shape index (κ3) is 2.90. The van der Waals surface area contributed by atoms with Crippen LogP contribution in [0.15, 0.2) is 11.4 Å². The third-order valence-corrected chi connectivity index (χ3v) is 2.80. The smallest absolute Gasteiger partial charge is 0.261 e. The lowest BCUT2D eigenvalue weighted by Gasteiger charge is -2.00. The Morgan fingerprint density at radius 3 is 3.00 bits per heavy atom. The van der Waals surface area contributed by atoms with Crippen LogP contribution in [-0.2, 0) is 0 Å². The van der Waals surface area contributed by atoms with Crippen LogP contribution in [0.25, 0.3) is 0 Å². The molecule has 1 aromatic heterocycles. The Morgan fingerprint density at radius 2 is 2.43 bits per heavy atom. The van der Waals surface area contributed by atoms with Gasteiger partial charge < -0.3 is 5.32 Å². The molecule has 1 aromatic rings. The summed E-state index contributed by atoms with van der Waals surface area (Å²) >= 11 is 1.47. The molecule has 0 radical (unpaired) electrons. The Morgan fingerprint density at radius 1 is 1.64 bits per heavy atom. The Kier molecular flexibility index (Phi) is 4.21. The number of rotatable bonds is 3. The summed E-state index contributed by atoms with van der Waals surface area (Å²) in [5.74, 6) is 5.70. The van der Waals surface area contributed by atoms with Crippen molar-refractivity contribution in [3.8, 4) is 11.8 Å². The molecule has 0 saturated carbocycles. The highest BCUT2D eigenvalue weighted by atomic mass is 32.1. The van der Waals surface area contributed by atoms with Gasteiger partial charge in [0, 0.05) is 13.0 Å². The second-order valence-electron chi connectivity index (χ2n) is 2.87. The number of hydrogen-bond donors (Lipinski definition) is 1. The molecule has 0 saturated heterocycles. The van der Waals surface area contributed by atoms with Crippen molar-refractivity contribution in [1.29, 1.82) is 0 Å². The van der Waals surface area contributed by atoms with Gasteiger partial charge in [-0.3, -0.25) is 4.79 Å². The summed E-state index contributed by atoms with van der Waals surface area (Å²) in [4.78, 5) is 12.3. The Balaban J connectivity index is 2.42. The minimum absolute atomic E-state index is 0.00963. The van der Waals surface area contributed by atoms with E-state index in [2.05, 4.69) is 17.2 Å². The van der Waals surface area contributed by atoms with Gasteiger partial charge in [-0.25, -0.2) is 0 Å². The molecule has 3 heteroatoms. The summed E-state index contributed by atoms with van der Waals surface area (Å²) in [6.45, 7) is 4.36. The summed E-state index contributed by atoms with van der Waals surface area (Å²) in [5.41, 5.74) is 1.04. The predicted molar refractivity (Wildman–Crippen MR) is 59.5 cm³/mol. The topological polar surface area (TPSA) is 29.1 Å². The fourth-order valence-corrected chi connectivity index (χ4v) is 1.89. The summed E-state index contributed by atoms with van der Waals surface area (Å²) in [6, 6.07) is 1.95. The zero-order valence-corrected chi connectivity index (χ0v) is 9.20. The van der Waals surface area contributed by atoms with Crippen LogP contribution >= 0.6 is 11.3 Å². The van der Waals surface area contributed by atoms with Crippen LogP contribution in [0.1, 0.15) is 28.6 Å². The second kappa shape index (κ2) is 5.46. The quantitative estimate of drug-likeness (QED) is 0.597. The average Bonchev–Trinajstić information content (AvgIpc) is 2.59. The fraction of sp³-hybridized carbons (Fsp3) is 0.364.